The van der Waals surface area contributed by atoms with Crippen LogP contribution in [0.15, 0.2) is 52.8 Å². The van der Waals surface area contributed by atoms with Gasteiger partial charge in [-0.05, 0) is 42.7 Å². The number of thiazole rings is 1. The molecule has 5 nitrogen and oxygen atoms in total. The van der Waals surface area contributed by atoms with Gasteiger partial charge in [-0.3, -0.25) is 4.79 Å². The molecule has 6 heteroatoms. The fourth-order valence-corrected chi connectivity index (χ4v) is 4.16. The Morgan fingerprint density at radius 2 is 2.07 bits per heavy atom. The molecule has 0 radical (unpaired) electrons. The predicted molar refractivity (Wildman–Crippen MR) is 113 cm³/mol. The van der Waals surface area contributed by atoms with E-state index >= 15 is 0 Å². The molecule has 0 saturated heterocycles. The van der Waals surface area contributed by atoms with E-state index in [2.05, 4.69) is 42.1 Å². The molecule has 2 heterocycles. The van der Waals surface area contributed by atoms with Gasteiger partial charge in [-0.1, -0.05) is 32.0 Å². The van der Waals surface area contributed by atoms with Crippen LogP contribution >= 0.6 is 11.3 Å². The molecule has 0 atom stereocenters. The zero-order valence-corrected chi connectivity index (χ0v) is 17.0. The van der Waals surface area contributed by atoms with E-state index in [1.165, 1.54) is 0 Å². The molecule has 1 amide bonds. The summed E-state index contributed by atoms with van der Waals surface area (Å²) in [6.45, 7) is 7.41. The lowest BCUT2D eigenvalue weighted by molar-refractivity contribution is -0.118. The van der Waals surface area contributed by atoms with Crippen LogP contribution in [0.25, 0.3) is 11.3 Å². The molecule has 144 valence electrons. The van der Waals surface area contributed by atoms with Gasteiger partial charge < -0.3 is 14.6 Å². The Morgan fingerprint density at radius 3 is 2.86 bits per heavy atom. The highest BCUT2D eigenvalue weighted by Gasteiger charge is 2.18. The summed E-state index contributed by atoms with van der Waals surface area (Å²) in [7, 11) is 0. The lowest BCUT2D eigenvalue weighted by Gasteiger charge is -2.19. The number of aromatic nitrogens is 1. The average Bonchev–Trinajstić information content (AvgIpc) is 3.04. The maximum atomic E-state index is 11.7. The zero-order valence-electron chi connectivity index (χ0n) is 16.2. The van der Waals surface area contributed by atoms with Crippen molar-refractivity contribution in [2.75, 3.05) is 11.9 Å². The number of para-hydroxylation sites is 1. The summed E-state index contributed by atoms with van der Waals surface area (Å²) >= 11 is 1.63. The minimum atomic E-state index is -0.125. The number of benzene rings is 2. The molecule has 0 bridgehead atoms. The van der Waals surface area contributed by atoms with Gasteiger partial charge >= 0.3 is 0 Å². The standard InChI is InChI=1S/C22H23N3O2S/c1-14(2)11-25-19(13-28-22(25)24-17-7-5-4-6-15(17)3)16-8-9-20-18(10-16)23-21(26)12-27-20/h4-10,13-14H,11-12H2,1-3H3,(H,23,26). The second-order valence-electron chi connectivity index (χ2n) is 7.35. The normalized spacial score (nSPS) is 14.0. The van der Waals surface area contributed by atoms with Crippen LogP contribution in [0.5, 0.6) is 5.75 Å². The van der Waals surface area contributed by atoms with Crippen molar-refractivity contribution in [3.05, 3.63) is 58.2 Å². The van der Waals surface area contributed by atoms with E-state index in [4.69, 9.17) is 9.73 Å². The SMILES string of the molecule is Cc1ccccc1N=c1scc(-c2ccc3c(c2)NC(=O)CO3)n1CC(C)C. The molecule has 0 saturated carbocycles. The van der Waals surface area contributed by atoms with Crippen LogP contribution in [-0.2, 0) is 11.3 Å². The molecule has 1 aliphatic heterocycles. The van der Waals surface area contributed by atoms with Gasteiger partial charge in [0.2, 0.25) is 0 Å². The number of ether oxygens (including phenoxy) is 1. The van der Waals surface area contributed by atoms with Crippen LogP contribution in [0.1, 0.15) is 19.4 Å². The predicted octanol–water partition coefficient (Wildman–Crippen LogP) is 4.74. The van der Waals surface area contributed by atoms with Gasteiger partial charge in [0, 0.05) is 17.5 Å². The lowest BCUT2D eigenvalue weighted by atomic mass is 10.1. The Labute approximate surface area is 168 Å². The molecule has 2 aromatic carbocycles. The Hall–Kier alpha value is -2.86. The summed E-state index contributed by atoms with van der Waals surface area (Å²) in [5, 5.41) is 5.02. The van der Waals surface area contributed by atoms with Crippen molar-refractivity contribution >= 4 is 28.6 Å². The Kier molecular flexibility index (Phi) is 5.05. The number of hydrogen-bond acceptors (Lipinski definition) is 4. The van der Waals surface area contributed by atoms with Gasteiger partial charge in [0.15, 0.2) is 11.4 Å². The van der Waals surface area contributed by atoms with Crippen molar-refractivity contribution in [3.63, 3.8) is 0 Å². The van der Waals surface area contributed by atoms with Gasteiger partial charge in [0.05, 0.1) is 17.1 Å². The Bertz CT molecular complexity index is 1100. The molecule has 28 heavy (non-hydrogen) atoms. The van der Waals surface area contributed by atoms with Gasteiger partial charge in [0.25, 0.3) is 5.91 Å². The van der Waals surface area contributed by atoms with Crippen molar-refractivity contribution in [2.45, 2.75) is 27.3 Å². The number of anilines is 1. The van der Waals surface area contributed by atoms with Crippen LogP contribution in [0.2, 0.25) is 0 Å². The number of rotatable bonds is 4. The van der Waals surface area contributed by atoms with Gasteiger partial charge in [0.1, 0.15) is 5.75 Å². The number of amides is 1. The van der Waals surface area contributed by atoms with Crippen molar-refractivity contribution in [1.82, 2.24) is 4.57 Å². The fourth-order valence-electron chi connectivity index (χ4n) is 3.23. The molecular formula is C22H23N3O2S. The highest BCUT2D eigenvalue weighted by atomic mass is 32.1. The molecule has 0 aliphatic carbocycles. The Balaban J connectivity index is 1.82. The van der Waals surface area contributed by atoms with E-state index in [0.717, 1.165) is 33.9 Å². The van der Waals surface area contributed by atoms with E-state index in [1.807, 2.05) is 36.4 Å². The fraction of sp³-hybridized carbons (Fsp3) is 0.273. The first kappa shape index (κ1) is 18.5. The first-order chi connectivity index (χ1) is 13.5. The summed E-state index contributed by atoms with van der Waals surface area (Å²) in [6, 6.07) is 14.1. The third kappa shape index (κ3) is 3.73. The number of fused-ring (bicyclic) bond motifs is 1. The van der Waals surface area contributed by atoms with Crippen LogP contribution < -0.4 is 14.9 Å². The minimum Gasteiger partial charge on any atom is -0.482 e. The van der Waals surface area contributed by atoms with Gasteiger partial charge in [-0.2, -0.15) is 0 Å². The first-order valence-electron chi connectivity index (χ1n) is 9.37. The monoisotopic (exact) mass is 393 g/mol. The molecular weight excluding hydrogens is 370 g/mol. The highest BCUT2D eigenvalue weighted by Crippen LogP contribution is 2.33. The molecule has 1 aromatic heterocycles. The van der Waals surface area contributed by atoms with Crippen LogP contribution in [0.4, 0.5) is 11.4 Å². The number of carbonyl (C=O) groups is 1. The van der Waals surface area contributed by atoms with Crippen LogP contribution in [-0.4, -0.2) is 17.1 Å². The minimum absolute atomic E-state index is 0.0671. The summed E-state index contributed by atoms with van der Waals surface area (Å²) in [5.41, 5.74) is 4.98. The second-order valence-corrected chi connectivity index (χ2v) is 8.19. The number of nitrogens with zero attached hydrogens (tertiary/aromatic N) is 2. The second kappa shape index (κ2) is 7.64. The third-order valence-electron chi connectivity index (χ3n) is 4.59. The van der Waals surface area contributed by atoms with E-state index in [9.17, 15) is 4.79 Å². The lowest BCUT2D eigenvalue weighted by Crippen LogP contribution is -2.25. The largest absolute Gasteiger partial charge is 0.482 e. The quantitative estimate of drug-likeness (QED) is 0.696. The average molecular weight is 394 g/mol. The molecule has 0 spiro atoms. The molecule has 0 fully saturated rings. The van der Waals surface area contributed by atoms with Crippen molar-refractivity contribution in [3.8, 4) is 17.0 Å². The van der Waals surface area contributed by atoms with Crippen molar-refractivity contribution in [1.29, 1.82) is 0 Å². The van der Waals surface area contributed by atoms with Crippen molar-refractivity contribution in [2.24, 2.45) is 10.9 Å². The topological polar surface area (TPSA) is 55.6 Å². The van der Waals surface area contributed by atoms with E-state index in [0.29, 0.717) is 17.4 Å². The number of aryl methyl sites for hydroxylation is 1. The Morgan fingerprint density at radius 1 is 1.25 bits per heavy atom. The molecule has 4 rings (SSSR count). The highest BCUT2D eigenvalue weighted by molar-refractivity contribution is 7.07. The molecule has 3 aromatic rings. The summed E-state index contributed by atoms with van der Waals surface area (Å²) in [6.07, 6.45) is 0. The van der Waals surface area contributed by atoms with Crippen molar-refractivity contribution < 1.29 is 9.53 Å². The summed E-state index contributed by atoms with van der Waals surface area (Å²) in [4.78, 5) is 17.6. The smallest absolute Gasteiger partial charge is 0.262 e. The number of hydrogen-bond donors (Lipinski definition) is 1. The third-order valence-corrected chi connectivity index (χ3v) is 5.45. The van der Waals surface area contributed by atoms with Gasteiger partial charge in [-0.15, -0.1) is 11.3 Å². The summed E-state index contributed by atoms with van der Waals surface area (Å²) in [5.74, 6) is 1.06. The van der Waals surface area contributed by atoms with Crippen LogP contribution in [0.3, 0.4) is 0 Å². The maximum Gasteiger partial charge on any atom is 0.262 e. The van der Waals surface area contributed by atoms with Crippen LogP contribution in [0, 0.1) is 12.8 Å². The zero-order chi connectivity index (χ0) is 19.7. The summed E-state index contributed by atoms with van der Waals surface area (Å²) < 4.78 is 7.74. The first-order valence-corrected chi connectivity index (χ1v) is 10.2. The molecule has 1 N–H and O–H groups in total. The van der Waals surface area contributed by atoms with Gasteiger partial charge in [-0.25, -0.2) is 4.99 Å². The molecule has 0 unspecified atom stereocenters. The van der Waals surface area contributed by atoms with E-state index in [-0.39, 0.29) is 12.5 Å². The number of carbonyl (C=O) groups excluding carboxylic acids is 1. The maximum absolute atomic E-state index is 11.7. The molecule has 1 aliphatic rings. The van der Waals surface area contributed by atoms with E-state index in [1.54, 1.807) is 11.3 Å². The number of nitrogens with one attached hydrogen (secondary N) is 1. The van der Waals surface area contributed by atoms with E-state index < -0.39 is 0 Å².